The first kappa shape index (κ1) is 30.8. The molecule has 6 atom stereocenters. The van der Waals surface area contributed by atoms with E-state index in [2.05, 4.69) is 47.1 Å². The fraction of sp³-hybridized carbons (Fsp3) is 0.500. The molecule has 7 N–H and O–H groups in total. The topological polar surface area (TPSA) is 256 Å². The Morgan fingerprint density at radius 1 is 1.23 bits per heavy atom. The molecule has 1 aromatic carbocycles. The predicted octanol–water partition coefficient (Wildman–Crippen LogP) is -0.189. The molecule has 6 rings (SSSR count). The summed E-state index contributed by atoms with van der Waals surface area (Å²) < 4.78 is 30.2. The Balaban J connectivity index is 1.19. The number of ether oxygens (including phenoxy) is 3. The van der Waals surface area contributed by atoms with Crippen LogP contribution in [0.3, 0.4) is 0 Å². The van der Waals surface area contributed by atoms with Crippen LogP contribution in [-0.4, -0.2) is 109 Å². The number of nitrogens with zero attached hydrogens (tertiary/aromatic N) is 7. The number of tetrazole rings is 1. The molecule has 4 aromatic rings. The largest absolute Gasteiger partial charge is 0.393 e. The highest BCUT2D eigenvalue weighted by atomic mass is 35.5. The minimum Gasteiger partial charge on any atom is -0.393 e. The molecule has 1 aliphatic heterocycles. The average molecular weight is 654 g/mol. The van der Waals surface area contributed by atoms with E-state index in [0.29, 0.717) is 11.2 Å². The van der Waals surface area contributed by atoms with Crippen molar-refractivity contribution in [3.63, 3.8) is 0 Å². The van der Waals surface area contributed by atoms with Crippen molar-refractivity contribution in [3.8, 4) is 0 Å². The zero-order valence-electron chi connectivity index (χ0n) is 22.8. The summed E-state index contributed by atoms with van der Waals surface area (Å²) in [6, 6.07) is 8.07. The quantitative estimate of drug-likeness (QED) is 0.0772. The highest BCUT2D eigenvalue weighted by molar-refractivity contribution is 7.53. The molecule has 44 heavy (non-hydrogen) atoms. The molecule has 18 nitrogen and oxygen atoms in total. The van der Waals surface area contributed by atoms with E-state index in [9.17, 15) is 29.7 Å². The normalized spacial score (nSPS) is 24.9. The lowest BCUT2D eigenvalue weighted by molar-refractivity contribution is -0.131. The number of halogens is 1. The molecule has 4 heterocycles. The summed E-state index contributed by atoms with van der Waals surface area (Å²) in [5.74, 6) is 0.529. The Morgan fingerprint density at radius 3 is 2.80 bits per heavy atom. The van der Waals surface area contributed by atoms with Crippen LogP contribution >= 0.6 is 19.2 Å². The molecule has 236 valence electrons. The molecule has 2 aliphatic rings. The van der Waals surface area contributed by atoms with Crippen LogP contribution in [-0.2, 0) is 31.8 Å². The molecule has 20 heteroatoms. The molecule has 0 spiro atoms. The van der Waals surface area contributed by atoms with Crippen molar-refractivity contribution in [2.45, 2.75) is 55.4 Å². The van der Waals surface area contributed by atoms with Crippen molar-refractivity contribution in [1.29, 1.82) is 0 Å². The Kier molecular flexibility index (Phi) is 8.64. The van der Waals surface area contributed by atoms with Crippen LogP contribution in [0.5, 0.6) is 0 Å². The number of aliphatic hydroxyl groups excluding tert-OH is 3. The third-order valence-corrected chi connectivity index (χ3v) is 9.32. The lowest BCUT2D eigenvalue weighted by Crippen LogP contribution is -2.45. The molecule has 1 aliphatic carbocycles. The van der Waals surface area contributed by atoms with Gasteiger partial charge in [0.05, 0.1) is 37.4 Å². The van der Waals surface area contributed by atoms with Crippen molar-refractivity contribution in [2.75, 3.05) is 25.1 Å². The van der Waals surface area contributed by atoms with Crippen LogP contribution in [0.1, 0.15) is 35.6 Å². The Labute approximate surface area is 253 Å². The lowest BCUT2D eigenvalue weighted by atomic mass is 10.1. The van der Waals surface area contributed by atoms with Gasteiger partial charge in [0.2, 0.25) is 10.6 Å². The van der Waals surface area contributed by atoms with Gasteiger partial charge in [-0.25, -0.2) is 4.68 Å². The highest BCUT2D eigenvalue weighted by Crippen LogP contribution is 2.51. The number of aryl methyl sites for hydroxylation is 1. The molecule has 1 unspecified atom stereocenters. The first-order valence-corrected chi connectivity index (χ1v) is 15.5. The van der Waals surface area contributed by atoms with Gasteiger partial charge in [-0.1, -0.05) is 29.5 Å². The zero-order chi connectivity index (χ0) is 31.1. The van der Waals surface area contributed by atoms with Gasteiger partial charge in [-0.3, -0.25) is 4.57 Å². The number of rotatable bonds is 12. The fourth-order valence-electron chi connectivity index (χ4n) is 5.31. The van der Waals surface area contributed by atoms with Crippen molar-refractivity contribution in [2.24, 2.45) is 0 Å². The summed E-state index contributed by atoms with van der Waals surface area (Å²) in [5, 5.41) is 50.1. The van der Waals surface area contributed by atoms with E-state index < -0.39 is 57.3 Å². The maximum Gasteiger partial charge on any atom is 0.361 e. The summed E-state index contributed by atoms with van der Waals surface area (Å²) in [6.07, 6.45) is -2.47. The van der Waals surface area contributed by atoms with Gasteiger partial charge in [0.15, 0.2) is 17.7 Å². The average Bonchev–Trinajstić information content (AvgIpc) is 3.79. The molecule has 0 saturated carbocycles. The van der Waals surface area contributed by atoms with Gasteiger partial charge < -0.3 is 44.6 Å². The van der Waals surface area contributed by atoms with Crippen LogP contribution in [0, 0.1) is 0 Å². The third-order valence-electron chi connectivity index (χ3n) is 7.69. The summed E-state index contributed by atoms with van der Waals surface area (Å²) in [6.45, 7) is -2.84. The number of aromatic nitrogens is 8. The first-order chi connectivity index (χ1) is 21.1. The number of benzene rings is 1. The minimum atomic E-state index is -5.16. The number of hydrogen-bond acceptors (Lipinski definition) is 14. The number of nitrogens with one attached hydrogen (secondary N) is 2. The summed E-state index contributed by atoms with van der Waals surface area (Å²) in [4.78, 5) is 28.6. The van der Waals surface area contributed by atoms with E-state index in [1.807, 2.05) is 18.2 Å². The number of hydrogen-bond donors (Lipinski definition) is 7. The standard InChI is InChI=1S/C24H29ClN9O9P/c25-23-28-20(27-15-6-5-12-3-1-2-4-13(12)15)14-7-26-34(21(14)29-23)22-19(37)18(36)16(43-22)8-42-24(10-35,44(38,39)40)11-41-9-17-30-32-33-31-17/h1-4,7,15-16,18-19,22,35-37H,5-6,8-11H2,(H,27,28,29)(H2,38,39,40)(H,30,31,32,33)/t15-,16-,18-,19-,22-,24?/m1/s1. The number of H-pyrrole nitrogens is 1. The van der Waals surface area contributed by atoms with Gasteiger partial charge in [-0.2, -0.15) is 20.3 Å². The number of anilines is 1. The SMILES string of the molecule is O=P(O)(O)C(CO)(COCc1nn[nH]n1)OC[C@H]1O[C@@H](n2ncc3c(N[C@@H]4CCc5ccccc54)nc(Cl)nc32)[C@H](O)[C@@H]1O. The lowest BCUT2D eigenvalue weighted by Gasteiger charge is -2.33. The fourth-order valence-corrected chi connectivity index (χ4v) is 6.16. The molecule has 0 radical (unpaired) electrons. The van der Waals surface area contributed by atoms with E-state index in [0.717, 1.165) is 18.4 Å². The monoisotopic (exact) mass is 653 g/mol. The van der Waals surface area contributed by atoms with Crippen molar-refractivity contribution in [1.82, 2.24) is 40.4 Å². The maximum absolute atomic E-state index is 12.4. The molecular formula is C24H29ClN9O9P. The van der Waals surface area contributed by atoms with Crippen LogP contribution in [0.15, 0.2) is 30.5 Å². The second kappa shape index (κ2) is 12.3. The van der Waals surface area contributed by atoms with E-state index in [4.69, 9.17) is 25.8 Å². The van der Waals surface area contributed by atoms with Gasteiger partial charge in [-0.15, -0.1) is 10.2 Å². The second-order valence-electron chi connectivity index (χ2n) is 10.4. The molecule has 0 bridgehead atoms. The van der Waals surface area contributed by atoms with Gasteiger partial charge >= 0.3 is 7.60 Å². The first-order valence-electron chi connectivity index (χ1n) is 13.5. The smallest absolute Gasteiger partial charge is 0.361 e. The Morgan fingerprint density at radius 2 is 2.05 bits per heavy atom. The van der Waals surface area contributed by atoms with Gasteiger partial charge in [0.1, 0.15) is 30.7 Å². The highest BCUT2D eigenvalue weighted by Gasteiger charge is 2.51. The second-order valence-corrected chi connectivity index (χ2v) is 12.7. The Hall–Kier alpha value is -3.16. The van der Waals surface area contributed by atoms with E-state index in [1.54, 1.807) is 0 Å². The van der Waals surface area contributed by atoms with Crippen LogP contribution in [0.25, 0.3) is 11.0 Å². The molecule has 3 aromatic heterocycles. The number of fused-ring (bicyclic) bond motifs is 2. The van der Waals surface area contributed by atoms with Gasteiger partial charge in [0, 0.05) is 0 Å². The third kappa shape index (κ3) is 5.81. The maximum atomic E-state index is 12.4. The minimum absolute atomic E-state index is 0.0163. The summed E-state index contributed by atoms with van der Waals surface area (Å²) >= 11 is 6.27. The zero-order valence-corrected chi connectivity index (χ0v) is 24.5. The van der Waals surface area contributed by atoms with Gasteiger partial charge in [0.25, 0.3) is 0 Å². The van der Waals surface area contributed by atoms with Crippen molar-refractivity contribution < 1.29 is 43.9 Å². The van der Waals surface area contributed by atoms with E-state index in [1.165, 1.54) is 16.4 Å². The van der Waals surface area contributed by atoms with Crippen LogP contribution in [0.2, 0.25) is 5.28 Å². The van der Waals surface area contributed by atoms with E-state index in [-0.39, 0.29) is 29.4 Å². The van der Waals surface area contributed by atoms with Gasteiger partial charge in [-0.05, 0) is 35.6 Å². The number of aliphatic hydroxyl groups is 3. The Bertz CT molecular complexity index is 1660. The predicted molar refractivity (Wildman–Crippen MR) is 149 cm³/mol. The van der Waals surface area contributed by atoms with Crippen LogP contribution in [0.4, 0.5) is 5.82 Å². The summed E-state index contributed by atoms with van der Waals surface area (Å²) in [7, 11) is -5.16. The van der Waals surface area contributed by atoms with E-state index >= 15 is 0 Å². The molecule has 1 fully saturated rings. The molecular weight excluding hydrogens is 625 g/mol. The number of aromatic amines is 1. The van der Waals surface area contributed by atoms with Crippen molar-refractivity contribution in [3.05, 3.63) is 52.7 Å². The molecule has 1 saturated heterocycles. The molecule has 0 amide bonds. The van der Waals surface area contributed by atoms with Crippen molar-refractivity contribution >= 4 is 36.0 Å². The summed E-state index contributed by atoms with van der Waals surface area (Å²) in [5.41, 5.74) is 2.61. The van der Waals surface area contributed by atoms with Crippen LogP contribution < -0.4 is 5.32 Å².